The third-order valence-electron chi connectivity index (χ3n) is 4.22. The van der Waals surface area contributed by atoms with Gasteiger partial charge < -0.3 is 15.7 Å². The number of benzene rings is 2. The molecule has 0 radical (unpaired) electrons. The lowest BCUT2D eigenvalue weighted by atomic mass is 10.1. The summed E-state index contributed by atoms with van der Waals surface area (Å²) in [6.07, 6.45) is -0.874. The molecule has 7 N–H and O–H groups in total. The summed E-state index contributed by atoms with van der Waals surface area (Å²) in [4.78, 5) is 24.0. The summed E-state index contributed by atoms with van der Waals surface area (Å²) in [6, 6.07) is 17.6. The molecular formula is C23H26N6O3S3. The number of hydrogen-bond donors (Lipinski definition) is 7. The largest absolute Gasteiger partial charge is 0.378 e. The molecule has 0 unspecified atom stereocenters. The van der Waals surface area contributed by atoms with Crippen LogP contribution in [-0.2, 0) is 16.0 Å². The molecule has 9 nitrogen and oxygen atoms in total. The number of amidine groups is 2. The van der Waals surface area contributed by atoms with Gasteiger partial charge in [0.05, 0.1) is 16.5 Å². The number of thioether (sulfide) groups is 3. The highest BCUT2D eigenvalue weighted by molar-refractivity contribution is 8.27. The number of hydrogen-bond acceptors (Lipinski definition) is 10. The van der Waals surface area contributed by atoms with Gasteiger partial charge in [0, 0.05) is 12.2 Å². The van der Waals surface area contributed by atoms with Gasteiger partial charge in [-0.05, 0) is 40.4 Å². The zero-order valence-corrected chi connectivity index (χ0v) is 21.1. The quantitative estimate of drug-likeness (QED) is 0.148. The van der Waals surface area contributed by atoms with Crippen molar-refractivity contribution in [2.45, 2.75) is 18.9 Å². The second kappa shape index (κ2) is 15.1. The van der Waals surface area contributed by atoms with Gasteiger partial charge in [-0.15, -0.1) is 0 Å². The zero-order valence-electron chi connectivity index (χ0n) is 18.7. The van der Waals surface area contributed by atoms with E-state index >= 15 is 0 Å². The minimum atomic E-state index is -1.40. The standard InChI is InChI=1S/C23H26N6O3S3/c24-17(34-22(26)28-19(30)13-15-7-3-1-4-8-15)11-12-33-14-18(25)35-23(27)29-21(32)20(31)16-9-5-2-6-10-16/h1-10,20,24-25,31H,11-14H2,(H2,26,28,30)(H2,27,29,32)/t20-/m0/s1. The van der Waals surface area contributed by atoms with Crippen molar-refractivity contribution in [1.82, 2.24) is 10.6 Å². The van der Waals surface area contributed by atoms with E-state index in [1.54, 1.807) is 30.3 Å². The van der Waals surface area contributed by atoms with Crippen molar-refractivity contribution in [2.24, 2.45) is 0 Å². The van der Waals surface area contributed by atoms with E-state index in [1.165, 1.54) is 11.8 Å². The molecular weight excluding hydrogens is 504 g/mol. The van der Waals surface area contributed by atoms with Gasteiger partial charge in [0.25, 0.3) is 5.91 Å². The van der Waals surface area contributed by atoms with Crippen molar-refractivity contribution in [3.63, 3.8) is 0 Å². The third-order valence-corrected chi connectivity index (χ3v) is 6.84. The SMILES string of the molecule is N=C(CCSCC(=N)SC(=N)NC(=O)[C@@H](O)c1ccccc1)SC(=N)NC(=O)Cc1ccccc1. The van der Waals surface area contributed by atoms with Crippen LogP contribution in [0, 0.1) is 21.6 Å². The summed E-state index contributed by atoms with van der Waals surface area (Å²) in [5.41, 5.74) is 1.26. The number of carbonyl (C=O) groups excluding carboxylic acids is 2. The van der Waals surface area contributed by atoms with Gasteiger partial charge in [0.2, 0.25) is 5.91 Å². The van der Waals surface area contributed by atoms with E-state index in [-0.39, 0.29) is 38.5 Å². The molecule has 184 valence electrons. The molecule has 0 heterocycles. The fraction of sp³-hybridized carbons (Fsp3) is 0.217. The van der Waals surface area contributed by atoms with Gasteiger partial charge in [-0.2, -0.15) is 11.8 Å². The van der Waals surface area contributed by atoms with E-state index in [0.717, 1.165) is 29.1 Å². The second-order valence-electron chi connectivity index (χ2n) is 7.02. The van der Waals surface area contributed by atoms with Crippen LogP contribution in [0.15, 0.2) is 60.7 Å². The molecule has 12 heteroatoms. The molecule has 2 aromatic carbocycles. The van der Waals surface area contributed by atoms with Crippen molar-refractivity contribution in [1.29, 1.82) is 21.6 Å². The van der Waals surface area contributed by atoms with Crippen molar-refractivity contribution >= 4 is 67.5 Å². The number of carbonyl (C=O) groups is 2. The summed E-state index contributed by atoms with van der Waals surface area (Å²) < 4.78 is 0. The average molecular weight is 531 g/mol. The highest BCUT2D eigenvalue weighted by atomic mass is 32.2. The fourth-order valence-corrected chi connectivity index (χ4v) is 4.93. The number of aliphatic hydroxyl groups excluding tert-OH is 1. The summed E-state index contributed by atoms with van der Waals surface area (Å²) in [5, 5.41) is 46.4. The van der Waals surface area contributed by atoms with Crippen LogP contribution >= 0.6 is 35.3 Å². The Kier molecular flexibility index (Phi) is 12.2. The normalized spacial score (nSPS) is 11.2. The van der Waals surface area contributed by atoms with Crippen LogP contribution in [0.2, 0.25) is 0 Å². The highest BCUT2D eigenvalue weighted by Gasteiger charge is 2.19. The Balaban J connectivity index is 1.59. The molecule has 0 spiro atoms. The minimum absolute atomic E-state index is 0.105. The Labute approximate surface area is 216 Å². The van der Waals surface area contributed by atoms with Crippen LogP contribution in [0.5, 0.6) is 0 Å². The maximum atomic E-state index is 12.1. The number of nitrogens with one attached hydrogen (secondary N) is 6. The van der Waals surface area contributed by atoms with Gasteiger partial charge >= 0.3 is 0 Å². The van der Waals surface area contributed by atoms with Gasteiger partial charge in [-0.1, -0.05) is 60.7 Å². The Hall–Kier alpha value is -2.93. The molecule has 0 fully saturated rings. The first-order valence-corrected chi connectivity index (χ1v) is 13.2. The average Bonchev–Trinajstić information content (AvgIpc) is 2.82. The van der Waals surface area contributed by atoms with Gasteiger partial charge in [-0.25, -0.2) is 0 Å². The van der Waals surface area contributed by atoms with E-state index in [4.69, 9.17) is 21.6 Å². The monoisotopic (exact) mass is 530 g/mol. The Morgan fingerprint density at radius 1 is 0.829 bits per heavy atom. The molecule has 2 rings (SSSR count). The van der Waals surface area contributed by atoms with Gasteiger partial charge in [0.15, 0.2) is 16.4 Å². The molecule has 0 aromatic heterocycles. The predicted molar refractivity (Wildman–Crippen MR) is 146 cm³/mol. The second-order valence-corrected chi connectivity index (χ2v) is 10.3. The first-order valence-electron chi connectivity index (χ1n) is 10.4. The summed E-state index contributed by atoms with van der Waals surface area (Å²) in [6.45, 7) is 0. The lowest BCUT2D eigenvalue weighted by Crippen LogP contribution is -2.33. The Morgan fingerprint density at radius 2 is 1.40 bits per heavy atom. The lowest BCUT2D eigenvalue weighted by Gasteiger charge is -2.12. The van der Waals surface area contributed by atoms with Crippen molar-refractivity contribution in [2.75, 3.05) is 11.5 Å². The van der Waals surface area contributed by atoms with Gasteiger partial charge in [-0.3, -0.25) is 31.2 Å². The summed E-state index contributed by atoms with van der Waals surface area (Å²) >= 11 is 3.03. The molecule has 0 aliphatic heterocycles. The topological polar surface area (TPSA) is 174 Å². The molecule has 0 bridgehead atoms. The maximum absolute atomic E-state index is 12.1. The van der Waals surface area contributed by atoms with Crippen molar-refractivity contribution in [3.8, 4) is 0 Å². The number of aliphatic hydroxyl groups is 1. The van der Waals surface area contributed by atoms with Crippen LogP contribution < -0.4 is 10.6 Å². The fourth-order valence-electron chi connectivity index (χ4n) is 2.63. The van der Waals surface area contributed by atoms with Crippen LogP contribution in [0.25, 0.3) is 0 Å². The van der Waals surface area contributed by atoms with Crippen molar-refractivity contribution < 1.29 is 14.7 Å². The Morgan fingerprint density at radius 3 is 2.06 bits per heavy atom. The highest BCUT2D eigenvalue weighted by Crippen LogP contribution is 2.16. The number of amides is 2. The molecule has 0 saturated heterocycles. The molecule has 0 aliphatic carbocycles. The molecule has 1 atom stereocenters. The minimum Gasteiger partial charge on any atom is -0.378 e. The van der Waals surface area contributed by atoms with Gasteiger partial charge in [0.1, 0.15) is 0 Å². The molecule has 2 amide bonds. The van der Waals surface area contributed by atoms with E-state index < -0.39 is 12.0 Å². The first-order chi connectivity index (χ1) is 16.7. The van der Waals surface area contributed by atoms with Crippen LogP contribution in [0.4, 0.5) is 0 Å². The van der Waals surface area contributed by atoms with E-state index in [0.29, 0.717) is 17.7 Å². The van der Waals surface area contributed by atoms with E-state index in [1.807, 2.05) is 30.3 Å². The van der Waals surface area contributed by atoms with Crippen molar-refractivity contribution in [3.05, 3.63) is 71.8 Å². The van der Waals surface area contributed by atoms with E-state index in [2.05, 4.69) is 10.6 Å². The van der Waals surface area contributed by atoms with E-state index in [9.17, 15) is 14.7 Å². The zero-order chi connectivity index (χ0) is 25.6. The summed E-state index contributed by atoms with van der Waals surface area (Å²) in [7, 11) is 0. The Bertz CT molecular complexity index is 1070. The summed E-state index contributed by atoms with van der Waals surface area (Å²) in [5.74, 6) is -0.245. The first kappa shape index (κ1) is 28.3. The van der Waals surface area contributed by atoms with Crippen LogP contribution in [-0.4, -0.2) is 48.8 Å². The number of rotatable bonds is 9. The third kappa shape index (κ3) is 11.4. The smallest absolute Gasteiger partial charge is 0.259 e. The maximum Gasteiger partial charge on any atom is 0.259 e. The molecule has 35 heavy (non-hydrogen) atoms. The van der Waals surface area contributed by atoms with Crippen LogP contribution in [0.1, 0.15) is 23.7 Å². The molecule has 2 aromatic rings. The molecule has 0 aliphatic rings. The lowest BCUT2D eigenvalue weighted by molar-refractivity contribution is -0.128. The predicted octanol–water partition coefficient (Wildman–Crippen LogP) is 3.61. The van der Waals surface area contributed by atoms with Crippen LogP contribution in [0.3, 0.4) is 0 Å². The molecule has 0 saturated carbocycles.